The van der Waals surface area contributed by atoms with Crippen molar-refractivity contribution in [1.29, 1.82) is 0 Å². The van der Waals surface area contributed by atoms with Gasteiger partial charge in [-0.05, 0) is 50.3 Å². The number of piperidine rings is 1. The van der Waals surface area contributed by atoms with Gasteiger partial charge in [0.05, 0.1) is 0 Å². The number of benzene rings is 2. The van der Waals surface area contributed by atoms with Crippen LogP contribution in [-0.4, -0.2) is 12.1 Å². The topological polar surface area (TPSA) is 3.24 Å². The van der Waals surface area contributed by atoms with E-state index in [9.17, 15) is 8.78 Å². The van der Waals surface area contributed by atoms with Crippen LogP contribution in [0.5, 0.6) is 0 Å². The summed E-state index contributed by atoms with van der Waals surface area (Å²) < 4.78 is 27.3. The van der Waals surface area contributed by atoms with Crippen LogP contribution in [-0.2, 0) is 0 Å². The fourth-order valence-electron chi connectivity index (χ4n) is 3.73. The minimum atomic E-state index is -1.56. The Labute approximate surface area is 142 Å². The molecule has 2 aromatic carbocycles. The normalized spacial score (nSPS) is 20.7. The molecule has 1 saturated heterocycles. The third-order valence-electron chi connectivity index (χ3n) is 4.87. The van der Waals surface area contributed by atoms with Crippen LogP contribution in [0.3, 0.4) is 0 Å². The maximum Gasteiger partial charge on any atom is 0.274 e. The minimum absolute atomic E-state index is 0.104. The van der Waals surface area contributed by atoms with E-state index in [1.165, 1.54) is 0 Å². The SMILES string of the molecule is CC1CCC[C@@H](CC(=C(F)F)c2ccccc2)N1c1ccccc1. The van der Waals surface area contributed by atoms with E-state index in [4.69, 9.17) is 0 Å². The number of halogens is 2. The van der Waals surface area contributed by atoms with Gasteiger partial charge in [-0.1, -0.05) is 48.5 Å². The van der Waals surface area contributed by atoms with Gasteiger partial charge in [0, 0.05) is 23.3 Å². The third-order valence-corrected chi connectivity index (χ3v) is 4.87. The average Bonchev–Trinajstić information content (AvgIpc) is 2.61. The van der Waals surface area contributed by atoms with Crippen molar-refractivity contribution in [2.24, 2.45) is 0 Å². The molecule has 2 aromatic rings. The summed E-state index contributed by atoms with van der Waals surface area (Å²) >= 11 is 0. The largest absolute Gasteiger partial charge is 0.366 e. The van der Waals surface area contributed by atoms with Crippen LogP contribution in [0.25, 0.3) is 5.57 Å². The van der Waals surface area contributed by atoms with Crippen molar-refractivity contribution in [1.82, 2.24) is 0 Å². The second-order valence-corrected chi connectivity index (χ2v) is 6.49. The van der Waals surface area contributed by atoms with E-state index in [0.717, 1.165) is 24.9 Å². The maximum absolute atomic E-state index is 13.6. The molecule has 2 atom stereocenters. The summed E-state index contributed by atoms with van der Waals surface area (Å²) in [6, 6.07) is 19.7. The molecule has 126 valence electrons. The number of para-hydroxylation sites is 1. The summed E-state index contributed by atoms with van der Waals surface area (Å²) in [4.78, 5) is 2.33. The van der Waals surface area contributed by atoms with Crippen molar-refractivity contribution < 1.29 is 8.78 Å². The number of rotatable bonds is 4. The molecular weight excluding hydrogens is 304 g/mol. The zero-order valence-electron chi connectivity index (χ0n) is 14.0. The van der Waals surface area contributed by atoms with Crippen molar-refractivity contribution in [3.63, 3.8) is 0 Å². The van der Waals surface area contributed by atoms with Crippen LogP contribution in [0.4, 0.5) is 14.5 Å². The Morgan fingerprint density at radius 3 is 2.21 bits per heavy atom. The Morgan fingerprint density at radius 1 is 0.958 bits per heavy atom. The second kappa shape index (κ2) is 7.61. The molecular formula is C21H23F2N. The molecule has 1 unspecified atom stereocenters. The second-order valence-electron chi connectivity index (χ2n) is 6.49. The van der Waals surface area contributed by atoms with Gasteiger partial charge in [-0.15, -0.1) is 0 Å². The fourth-order valence-corrected chi connectivity index (χ4v) is 3.73. The minimum Gasteiger partial charge on any atom is -0.366 e. The lowest BCUT2D eigenvalue weighted by molar-refractivity contribution is 0.389. The van der Waals surface area contributed by atoms with Crippen LogP contribution in [0.2, 0.25) is 0 Å². The van der Waals surface area contributed by atoms with Crippen LogP contribution in [0, 0.1) is 0 Å². The third kappa shape index (κ3) is 3.66. The van der Waals surface area contributed by atoms with E-state index in [2.05, 4.69) is 24.0 Å². The van der Waals surface area contributed by atoms with Crippen molar-refractivity contribution in [2.45, 2.75) is 44.7 Å². The Kier molecular flexibility index (Phi) is 5.29. The molecule has 1 aliphatic rings. The first-order chi connectivity index (χ1) is 11.7. The Bertz CT molecular complexity index is 677. The summed E-state index contributed by atoms with van der Waals surface area (Å²) in [5, 5.41) is 0. The van der Waals surface area contributed by atoms with Crippen molar-refractivity contribution >= 4 is 11.3 Å². The molecule has 0 aliphatic carbocycles. The highest BCUT2D eigenvalue weighted by atomic mass is 19.3. The molecule has 0 spiro atoms. The molecule has 0 amide bonds. The van der Waals surface area contributed by atoms with Gasteiger partial charge in [-0.3, -0.25) is 0 Å². The summed E-state index contributed by atoms with van der Waals surface area (Å²) in [6.45, 7) is 2.19. The molecule has 0 saturated carbocycles. The lowest BCUT2D eigenvalue weighted by atomic mass is 9.89. The Morgan fingerprint density at radius 2 is 1.58 bits per heavy atom. The number of hydrogen-bond donors (Lipinski definition) is 0. The van der Waals surface area contributed by atoms with Gasteiger partial charge >= 0.3 is 0 Å². The zero-order valence-corrected chi connectivity index (χ0v) is 14.0. The molecule has 1 heterocycles. The molecule has 0 aromatic heterocycles. The van der Waals surface area contributed by atoms with Crippen LogP contribution in [0.15, 0.2) is 66.7 Å². The van der Waals surface area contributed by atoms with Gasteiger partial charge in [-0.2, -0.15) is 8.78 Å². The number of hydrogen-bond acceptors (Lipinski definition) is 1. The van der Waals surface area contributed by atoms with Crippen LogP contribution in [0.1, 0.15) is 38.2 Å². The van der Waals surface area contributed by atoms with Gasteiger partial charge < -0.3 is 4.90 Å². The van der Waals surface area contributed by atoms with E-state index >= 15 is 0 Å². The maximum atomic E-state index is 13.6. The van der Waals surface area contributed by atoms with E-state index < -0.39 is 6.08 Å². The molecule has 24 heavy (non-hydrogen) atoms. The highest BCUT2D eigenvalue weighted by Crippen LogP contribution is 2.35. The standard InChI is InChI=1S/C21H23F2N/c1-16-9-8-14-19(24(16)18-12-6-3-7-13-18)15-20(21(22)23)17-10-4-2-5-11-17/h2-7,10-13,16,19H,8-9,14-15H2,1H3/t16?,19-/m0/s1. The van der Waals surface area contributed by atoms with Crippen molar-refractivity contribution in [3.8, 4) is 0 Å². The molecule has 0 N–H and O–H groups in total. The lowest BCUT2D eigenvalue weighted by Crippen LogP contribution is -2.45. The van der Waals surface area contributed by atoms with Gasteiger partial charge in [-0.25, -0.2) is 0 Å². The Hall–Kier alpha value is -2.16. The summed E-state index contributed by atoms with van der Waals surface area (Å²) in [5.74, 6) is 0. The lowest BCUT2D eigenvalue weighted by Gasteiger charge is -2.43. The monoisotopic (exact) mass is 327 g/mol. The average molecular weight is 327 g/mol. The molecule has 0 bridgehead atoms. The Balaban J connectivity index is 1.89. The first-order valence-corrected chi connectivity index (χ1v) is 8.59. The summed E-state index contributed by atoms with van der Waals surface area (Å²) in [7, 11) is 0. The van der Waals surface area contributed by atoms with E-state index in [0.29, 0.717) is 18.0 Å². The summed E-state index contributed by atoms with van der Waals surface area (Å²) in [6.07, 6.45) is 1.96. The number of nitrogens with zero attached hydrogens (tertiary/aromatic N) is 1. The fraction of sp³-hybridized carbons (Fsp3) is 0.333. The molecule has 1 aliphatic heterocycles. The smallest absolute Gasteiger partial charge is 0.274 e. The first kappa shape index (κ1) is 16.7. The molecule has 1 fully saturated rings. The predicted molar refractivity (Wildman–Crippen MR) is 96.2 cm³/mol. The van der Waals surface area contributed by atoms with Gasteiger partial charge in [0.2, 0.25) is 0 Å². The molecule has 1 nitrogen and oxygen atoms in total. The van der Waals surface area contributed by atoms with E-state index in [1.807, 2.05) is 36.4 Å². The van der Waals surface area contributed by atoms with Crippen LogP contribution < -0.4 is 4.90 Å². The van der Waals surface area contributed by atoms with Crippen molar-refractivity contribution in [2.75, 3.05) is 4.90 Å². The van der Waals surface area contributed by atoms with Gasteiger partial charge in [0.1, 0.15) is 0 Å². The van der Waals surface area contributed by atoms with E-state index in [-0.39, 0.29) is 11.6 Å². The zero-order chi connectivity index (χ0) is 16.9. The molecule has 3 rings (SSSR count). The van der Waals surface area contributed by atoms with Gasteiger partial charge in [0.25, 0.3) is 6.08 Å². The summed E-state index contributed by atoms with van der Waals surface area (Å²) in [5.41, 5.74) is 1.93. The predicted octanol–water partition coefficient (Wildman–Crippen LogP) is 6.13. The van der Waals surface area contributed by atoms with Crippen LogP contribution >= 0.6 is 0 Å². The quantitative estimate of drug-likeness (QED) is 0.652. The molecule has 0 radical (unpaired) electrons. The van der Waals surface area contributed by atoms with Crippen molar-refractivity contribution in [3.05, 3.63) is 72.3 Å². The first-order valence-electron chi connectivity index (χ1n) is 8.59. The number of anilines is 1. The molecule has 3 heteroatoms. The van der Waals surface area contributed by atoms with E-state index in [1.54, 1.807) is 12.1 Å². The van der Waals surface area contributed by atoms with Gasteiger partial charge in [0.15, 0.2) is 0 Å². The highest BCUT2D eigenvalue weighted by molar-refractivity contribution is 5.67. The highest BCUT2D eigenvalue weighted by Gasteiger charge is 2.29.